The smallest absolute Gasteiger partial charge is 0.237 e. The average Bonchev–Trinajstić information content (AvgIpc) is 2.22. The molecule has 15 heavy (non-hydrogen) atoms. The van der Waals surface area contributed by atoms with Gasteiger partial charge >= 0.3 is 0 Å². The maximum Gasteiger partial charge on any atom is 0.237 e. The van der Waals surface area contributed by atoms with Crippen molar-refractivity contribution in [3.63, 3.8) is 0 Å². The minimum atomic E-state index is -0.689. The normalized spacial score (nSPS) is 28.1. The molecule has 1 heterocycles. The van der Waals surface area contributed by atoms with Gasteiger partial charge < -0.3 is 11.1 Å². The highest BCUT2D eigenvalue weighted by molar-refractivity contribution is 7.85. The van der Waals surface area contributed by atoms with Crippen LogP contribution in [0.3, 0.4) is 0 Å². The van der Waals surface area contributed by atoms with Crippen LogP contribution >= 0.6 is 0 Å². The summed E-state index contributed by atoms with van der Waals surface area (Å²) in [7, 11) is -0.689. The number of nitrogens with one attached hydrogen (secondary N) is 1. The fourth-order valence-corrected chi connectivity index (χ4v) is 2.83. The van der Waals surface area contributed by atoms with E-state index in [2.05, 4.69) is 11.9 Å². The Kier molecular flexibility index (Phi) is 4.98. The number of nitrogens with two attached hydrogens (primary N) is 1. The summed E-state index contributed by atoms with van der Waals surface area (Å²) in [4.78, 5) is 11.5. The molecule has 1 aliphatic rings. The average molecular weight is 230 g/mol. The summed E-state index contributed by atoms with van der Waals surface area (Å²) in [6, 6.07) is -0.360. The van der Waals surface area contributed by atoms with Gasteiger partial charge in [-0.2, -0.15) is 0 Å². The maximum atomic E-state index is 11.5. The molecule has 4 nitrogen and oxygen atoms in total. The second-order valence-electron chi connectivity index (χ2n) is 3.76. The molecule has 1 fully saturated rings. The van der Waals surface area contributed by atoms with Gasteiger partial charge in [-0.15, -0.1) is 6.58 Å². The number of carbonyl (C=O) groups is 1. The van der Waals surface area contributed by atoms with E-state index in [-0.39, 0.29) is 11.9 Å². The van der Waals surface area contributed by atoms with E-state index in [9.17, 15) is 9.00 Å². The van der Waals surface area contributed by atoms with E-state index in [4.69, 9.17) is 5.73 Å². The molecule has 0 aromatic rings. The standard InChI is InChI=1S/C10H18N2O2S/c1-2-3-9(11)10(13)12-8-4-6-15(14)7-5-8/h2,8-9H,1,3-7,11H2,(H,12,13). The van der Waals surface area contributed by atoms with Crippen molar-refractivity contribution < 1.29 is 9.00 Å². The molecule has 1 aliphatic heterocycles. The second kappa shape index (κ2) is 6.02. The van der Waals surface area contributed by atoms with E-state index >= 15 is 0 Å². The van der Waals surface area contributed by atoms with Gasteiger partial charge in [-0.25, -0.2) is 0 Å². The molecule has 0 aromatic carbocycles. The minimum Gasteiger partial charge on any atom is -0.352 e. The Morgan fingerprint density at radius 1 is 1.60 bits per heavy atom. The van der Waals surface area contributed by atoms with E-state index in [1.165, 1.54) is 0 Å². The topological polar surface area (TPSA) is 72.2 Å². The number of carbonyl (C=O) groups excluding carboxylic acids is 1. The van der Waals surface area contributed by atoms with Crippen molar-refractivity contribution in [3.05, 3.63) is 12.7 Å². The molecule has 1 unspecified atom stereocenters. The molecule has 1 atom stereocenters. The van der Waals surface area contributed by atoms with Crippen LogP contribution in [-0.4, -0.2) is 33.7 Å². The van der Waals surface area contributed by atoms with Crippen molar-refractivity contribution >= 4 is 16.7 Å². The van der Waals surface area contributed by atoms with Gasteiger partial charge in [-0.05, 0) is 19.3 Å². The molecule has 86 valence electrons. The van der Waals surface area contributed by atoms with Crippen molar-refractivity contribution in [2.45, 2.75) is 31.3 Å². The van der Waals surface area contributed by atoms with Crippen LogP contribution in [0.25, 0.3) is 0 Å². The zero-order chi connectivity index (χ0) is 11.3. The highest BCUT2D eigenvalue weighted by atomic mass is 32.2. The zero-order valence-electron chi connectivity index (χ0n) is 8.78. The Balaban J connectivity index is 2.31. The van der Waals surface area contributed by atoms with Crippen LogP contribution in [0.15, 0.2) is 12.7 Å². The van der Waals surface area contributed by atoms with E-state index in [1.807, 2.05) is 0 Å². The number of rotatable bonds is 4. The van der Waals surface area contributed by atoms with Gasteiger partial charge in [-0.1, -0.05) is 6.08 Å². The Morgan fingerprint density at radius 3 is 2.73 bits per heavy atom. The summed E-state index contributed by atoms with van der Waals surface area (Å²) in [6.07, 6.45) is 3.71. The van der Waals surface area contributed by atoms with E-state index in [0.717, 1.165) is 12.8 Å². The van der Waals surface area contributed by atoms with Crippen LogP contribution in [0.5, 0.6) is 0 Å². The molecule has 0 aliphatic carbocycles. The molecule has 0 bridgehead atoms. The SMILES string of the molecule is C=CCC(N)C(=O)NC1CCS(=O)CC1. The first kappa shape index (κ1) is 12.4. The maximum absolute atomic E-state index is 11.5. The molecular weight excluding hydrogens is 212 g/mol. The molecule has 1 amide bonds. The highest BCUT2D eigenvalue weighted by Gasteiger charge is 2.21. The molecule has 0 radical (unpaired) electrons. The first-order valence-corrected chi connectivity index (χ1v) is 6.64. The summed E-state index contributed by atoms with van der Waals surface area (Å²) in [5, 5.41) is 2.88. The lowest BCUT2D eigenvalue weighted by Crippen LogP contribution is -2.47. The van der Waals surface area contributed by atoms with Crippen molar-refractivity contribution in [3.8, 4) is 0 Å². The first-order chi connectivity index (χ1) is 7.13. The Morgan fingerprint density at radius 2 is 2.20 bits per heavy atom. The van der Waals surface area contributed by atoms with Crippen molar-refractivity contribution in [1.29, 1.82) is 0 Å². The Labute approximate surface area is 92.8 Å². The quantitative estimate of drug-likeness (QED) is 0.663. The molecule has 5 heteroatoms. The van der Waals surface area contributed by atoms with E-state index in [0.29, 0.717) is 17.9 Å². The van der Waals surface area contributed by atoms with Gasteiger partial charge in [0.1, 0.15) is 0 Å². The molecule has 1 saturated heterocycles. The van der Waals surface area contributed by atoms with E-state index in [1.54, 1.807) is 6.08 Å². The lowest BCUT2D eigenvalue weighted by atomic mass is 10.1. The number of amides is 1. The van der Waals surface area contributed by atoms with Crippen molar-refractivity contribution in [2.24, 2.45) is 5.73 Å². The van der Waals surface area contributed by atoms with E-state index < -0.39 is 16.8 Å². The monoisotopic (exact) mass is 230 g/mol. The molecule has 3 N–H and O–H groups in total. The van der Waals surface area contributed by atoms with Gasteiger partial charge in [0, 0.05) is 28.3 Å². The van der Waals surface area contributed by atoms with Crippen molar-refractivity contribution in [2.75, 3.05) is 11.5 Å². The van der Waals surface area contributed by atoms with Gasteiger partial charge in [0.2, 0.25) is 5.91 Å². The highest BCUT2D eigenvalue weighted by Crippen LogP contribution is 2.09. The summed E-state index contributed by atoms with van der Waals surface area (Å²) in [6.45, 7) is 3.54. The third-order valence-corrected chi connectivity index (χ3v) is 3.87. The fourth-order valence-electron chi connectivity index (χ4n) is 1.53. The molecule has 0 saturated carbocycles. The van der Waals surface area contributed by atoms with Gasteiger partial charge in [0.05, 0.1) is 6.04 Å². The minimum absolute atomic E-state index is 0.132. The van der Waals surface area contributed by atoms with Gasteiger partial charge in [0.25, 0.3) is 0 Å². The van der Waals surface area contributed by atoms with Crippen LogP contribution in [0, 0.1) is 0 Å². The lowest BCUT2D eigenvalue weighted by Gasteiger charge is -2.23. The number of hydrogen-bond acceptors (Lipinski definition) is 3. The molecule has 1 rings (SSSR count). The Bertz CT molecular complexity index is 258. The number of hydrogen-bond donors (Lipinski definition) is 2. The first-order valence-electron chi connectivity index (χ1n) is 5.15. The van der Waals surface area contributed by atoms with Crippen LogP contribution in [0.4, 0.5) is 0 Å². The largest absolute Gasteiger partial charge is 0.352 e. The summed E-state index contributed by atoms with van der Waals surface area (Å²) in [5.41, 5.74) is 5.63. The fraction of sp³-hybridized carbons (Fsp3) is 0.700. The third kappa shape index (κ3) is 4.13. The third-order valence-electron chi connectivity index (χ3n) is 2.49. The summed E-state index contributed by atoms with van der Waals surface area (Å²) in [5.74, 6) is 1.23. The van der Waals surface area contributed by atoms with Gasteiger partial charge in [-0.3, -0.25) is 9.00 Å². The second-order valence-corrected chi connectivity index (χ2v) is 5.46. The molecular formula is C10H18N2O2S. The molecule has 0 spiro atoms. The van der Waals surface area contributed by atoms with Crippen LogP contribution in [-0.2, 0) is 15.6 Å². The predicted octanol–water partition coefficient (Wildman–Crippen LogP) is -0.0829. The van der Waals surface area contributed by atoms with Crippen LogP contribution < -0.4 is 11.1 Å². The van der Waals surface area contributed by atoms with Gasteiger partial charge in [0.15, 0.2) is 0 Å². The van der Waals surface area contributed by atoms with Crippen LogP contribution in [0.1, 0.15) is 19.3 Å². The summed E-state index contributed by atoms with van der Waals surface area (Å²) >= 11 is 0. The zero-order valence-corrected chi connectivity index (χ0v) is 9.59. The molecule has 0 aromatic heterocycles. The Hall–Kier alpha value is -0.680. The summed E-state index contributed by atoms with van der Waals surface area (Å²) < 4.78 is 11.1. The van der Waals surface area contributed by atoms with Crippen molar-refractivity contribution in [1.82, 2.24) is 5.32 Å². The predicted molar refractivity (Wildman–Crippen MR) is 61.8 cm³/mol. The van der Waals surface area contributed by atoms with Crippen LogP contribution in [0.2, 0.25) is 0 Å². The lowest BCUT2D eigenvalue weighted by molar-refractivity contribution is -0.123.